The minimum absolute atomic E-state index is 0.0166. The van der Waals surface area contributed by atoms with Gasteiger partial charge in [0.1, 0.15) is 0 Å². The third kappa shape index (κ3) is 2.67. The second-order valence-corrected chi connectivity index (χ2v) is 5.45. The highest BCUT2D eigenvalue weighted by Crippen LogP contribution is 2.30. The van der Waals surface area contributed by atoms with E-state index in [1.165, 1.54) is 29.5 Å². The molecular formula is C18H20N2O. The molecule has 3 rings (SSSR count). The largest absolute Gasteiger partial charge is 0.358 e. The van der Waals surface area contributed by atoms with Gasteiger partial charge in [0.25, 0.3) is 5.91 Å². The number of hydrogen-bond donors (Lipinski definition) is 2. The van der Waals surface area contributed by atoms with E-state index in [4.69, 9.17) is 0 Å². The molecular weight excluding hydrogens is 260 g/mol. The summed E-state index contributed by atoms with van der Waals surface area (Å²) in [4.78, 5) is 15.8. The highest BCUT2D eigenvalue weighted by molar-refractivity contribution is 6.06. The number of rotatable bonds is 3. The molecule has 0 bridgehead atoms. The Hall–Kier alpha value is -2.21. The smallest absolute Gasteiger partial charge is 0.253 e. The van der Waals surface area contributed by atoms with Crippen LogP contribution in [0.1, 0.15) is 47.8 Å². The maximum Gasteiger partial charge on any atom is 0.253 e. The molecule has 0 atom stereocenters. The van der Waals surface area contributed by atoms with Gasteiger partial charge in [-0.05, 0) is 44.2 Å². The average molecular weight is 280 g/mol. The standard InChI is InChI=1S/C18H20N2O/c1-2-3-6-12-19-18(21)15-10-7-9-14-13-8-4-5-11-16(13)20-17(14)15/h7,9-10,20H,4-6,8,11-12H2,1H3,(H,19,21). The van der Waals surface area contributed by atoms with Crippen molar-refractivity contribution >= 4 is 16.8 Å². The zero-order valence-electron chi connectivity index (χ0n) is 12.4. The zero-order valence-corrected chi connectivity index (χ0v) is 12.4. The van der Waals surface area contributed by atoms with Gasteiger partial charge >= 0.3 is 0 Å². The summed E-state index contributed by atoms with van der Waals surface area (Å²) in [6, 6.07) is 5.99. The number of para-hydroxylation sites is 1. The van der Waals surface area contributed by atoms with Crippen molar-refractivity contribution in [1.82, 2.24) is 10.3 Å². The lowest BCUT2D eigenvalue weighted by molar-refractivity contribution is 0.0956. The van der Waals surface area contributed by atoms with E-state index in [1.807, 2.05) is 19.1 Å². The Balaban J connectivity index is 1.89. The number of hydrogen-bond acceptors (Lipinski definition) is 1. The molecule has 0 radical (unpaired) electrons. The number of nitrogens with one attached hydrogen (secondary N) is 2. The van der Waals surface area contributed by atoms with E-state index in [9.17, 15) is 4.79 Å². The summed E-state index contributed by atoms with van der Waals surface area (Å²) in [6.45, 7) is 2.41. The number of fused-ring (bicyclic) bond motifs is 3. The third-order valence-corrected chi connectivity index (χ3v) is 4.09. The number of amides is 1. The van der Waals surface area contributed by atoms with Crippen molar-refractivity contribution in [2.45, 2.75) is 39.0 Å². The molecule has 0 spiro atoms. The fourth-order valence-electron chi connectivity index (χ4n) is 3.08. The van der Waals surface area contributed by atoms with Gasteiger partial charge in [0, 0.05) is 24.0 Å². The molecule has 1 aliphatic rings. The summed E-state index contributed by atoms with van der Waals surface area (Å²) >= 11 is 0. The van der Waals surface area contributed by atoms with E-state index in [0.29, 0.717) is 13.0 Å². The molecule has 2 aromatic rings. The van der Waals surface area contributed by atoms with Crippen molar-refractivity contribution in [3.8, 4) is 11.8 Å². The first kappa shape index (κ1) is 13.8. The van der Waals surface area contributed by atoms with Crippen LogP contribution in [0.25, 0.3) is 10.9 Å². The molecule has 1 amide bonds. The van der Waals surface area contributed by atoms with Crippen LogP contribution in [0.3, 0.4) is 0 Å². The Labute approximate surface area is 125 Å². The summed E-state index contributed by atoms with van der Waals surface area (Å²) < 4.78 is 0. The molecule has 1 aromatic carbocycles. The molecule has 0 saturated carbocycles. The Morgan fingerprint density at radius 2 is 2.19 bits per heavy atom. The predicted octanol–water partition coefficient (Wildman–Crippen LogP) is 3.19. The second kappa shape index (κ2) is 6.05. The summed E-state index contributed by atoms with van der Waals surface area (Å²) in [7, 11) is 0. The van der Waals surface area contributed by atoms with Gasteiger partial charge in [-0.25, -0.2) is 0 Å². The lowest BCUT2D eigenvalue weighted by Gasteiger charge is -2.10. The number of carbonyl (C=O) groups is 1. The topological polar surface area (TPSA) is 44.9 Å². The maximum absolute atomic E-state index is 12.4. The number of carbonyl (C=O) groups excluding carboxylic acids is 1. The lowest BCUT2D eigenvalue weighted by Crippen LogP contribution is -2.24. The Morgan fingerprint density at radius 3 is 3.05 bits per heavy atom. The number of aromatic nitrogens is 1. The first-order valence-electron chi connectivity index (χ1n) is 7.61. The van der Waals surface area contributed by atoms with Crippen LogP contribution in [-0.4, -0.2) is 17.4 Å². The van der Waals surface area contributed by atoms with Crippen LogP contribution < -0.4 is 5.32 Å². The van der Waals surface area contributed by atoms with Crippen LogP contribution in [-0.2, 0) is 12.8 Å². The van der Waals surface area contributed by atoms with Crippen LogP contribution >= 0.6 is 0 Å². The minimum atomic E-state index is -0.0166. The first-order valence-corrected chi connectivity index (χ1v) is 7.61. The van der Waals surface area contributed by atoms with Gasteiger partial charge in [-0.2, -0.15) is 0 Å². The van der Waals surface area contributed by atoms with Crippen molar-refractivity contribution in [1.29, 1.82) is 0 Å². The molecule has 21 heavy (non-hydrogen) atoms. The maximum atomic E-state index is 12.4. The molecule has 3 heteroatoms. The van der Waals surface area contributed by atoms with Crippen LogP contribution in [0.5, 0.6) is 0 Å². The molecule has 0 unspecified atom stereocenters. The van der Waals surface area contributed by atoms with Gasteiger partial charge in [-0.3, -0.25) is 4.79 Å². The molecule has 0 aliphatic heterocycles. The van der Waals surface area contributed by atoms with E-state index >= 15 is 0 Å². The van der Waals surface area contributed by atoms with Gasteiger partial charge in [-0.1, -0.05) is 12.1 Å². The van der Waals surface area contributed by atoms with Crippen LogP contribution in [0.2, 0.25) is 0 Å². The number of benzene rings is 1. The molecule has 1 aliphatic carbocycles. The fourth-order valence-corrected chi connectivity index (χ4v) is 3.08. The number of aromatic amines is 1. The SMILES string of the molecule is CC#CCCNC(=O)c1cccc2c3c([nH]c12)CCCC3. The van der Waals surface area contributed by atoms with E-state index < -0.39 is 0 Å². The van der Waals surface area contributed by atoms with Gasteiger partial charge in [-0.15, -0.1) is 11.8 Å². The van der Waals surface area contributed by atoms with Gasteiger partial charge in [0.2, 0.25) is 0 Å². The summed E-state index contributed by atoms with van der Waals surface area (Å²) in [5.41, 5.74) is 4.45. The highest BCUT2D eigenvalue weighted by Gasteiger charge is 2.18. The Kier molecular flexibility index (Phi) is 3.96. The van der Waals surface area contributed by atoms with E-state index in [-0.39, 0.29) is 5.91 Å². The van der Waals surface area contributed by atoms with Gasteiger partial charge in [0.05, 0.1) is 11.1 Å². The van der Waals surface area contributed by atoms with Crippen LogP contribution in [0.4, 0.5) is 0 Å². The number of H-pyrrole nitrogens is 1. The van der Waals surface area contributed by atoms with Gasteiger partial charge < -0.3 is 10.3 Å². The summed E-state index contributed by atoms with van der Waals surface area (Å²) in [6.07, 6.45) is 5.38. The monoisotopic (exact) mass is 280 g/mol. The average Bonchev–Trinajstić information content (AvgIpc) is 2.90. The number of aryl methyl sites for hydroxylation is 2. The quantitative estimate of drug-likeness (QED) is 0.658. The van der Waals surface area contributed by atoms with Crippen molar-refractivity contribution in [2.75, 3.05) is 6.54 Å². The zero-order chi connectivity index (χ0) is 14.7. The first-order chi connectivity index (χ1) is 10.3. The normalized spacial score (nSPS) is 13.4. The van der Waals surface area contributed by atoms with Crippen molar-refractivity contribution < 1.29 is 4.79 Å². The minimum Gasteiger partial charge on any atom is -0.358 e. The molecule has 1 aromatic heterocycles. The molecule has 108 valence electrons. The molecule has 0 saturated heterocycles. The van der Waals surface area contributed by atoms with Gasteiger partial charge in [0.15, 0.2) is 0 Å². The van der Waals surface area contributed by atoms with E-state index in [0.717, 1.165) is 23.9 Å². The van der Waals surface area contributed by atoms with Crippen molar-refractivity contribution in [3.05, 3.63) is 35.0 Å². The van der Waals surface area contributed by atoms with E-state index in [2.05, 4.69) is 28.2 Å². The third-order valence-electron chi connectivity index (χ3n) is 4.09. The summed E-state index contributed by atoms with van der Waals surface area (Å²) in [5, 5.41) is 4.16. The Bertz CT molecular complexity index is 731. The molecule has 3 nitrogen and oxygen atoms in total. The Morgan fingerprint density at radius 1 is 1.33 bits per heavy atom. The fraction of sp³-hybridized carbons (Fsp3) is 0.389. The van der Waals surface area contributed by atoms with Crippen molar-refractivity contribution in [2.24, 2.45) is 0 Å². The predicted molar refractivity (Wildman–Crippen MR) is 85.3 cm³/mol. The summed E-state index contributed by atoms with van der Waals surface area (Å²) in [5.74, 6) is 5.78. The molecule has 1 heterocycles. The second-order valence-electron chi connectivity index (χ2n) is 5.45. The highest BCUT2D eigenvalue weighted by atomic mass is 16.1. The molecule has 0 fully saturated rings. The van der Waals surface area contributed by atoms with Crippen LogP contribution in [0, 0.1) is 11.8 Å². The molecule has 2 N–H and O–H groups in total. The van der Waals surface area contributed by atoms with E-state index in [1.54, 1.807) is 0 Å². The lowest BCUT2D eigenvalue weighted by atomic mass is 9.95. The van der Waals surface area contributed by atoms with Crippen LogP contribution in [0.15, 0.2) is 18.2 Å². The van der Waals surface area contributed by atoms with Crippen molar-refractivity contribution in [3.63, 3.8) is 0 Å².